The fourth-order valence-electron chi connectivity index (χ4n) is 3.26. The molecule has 0 unspecified atom stereocenters. The zero-order valence-corrected chi connectivity index (χ0v) is 14.0. The van der Waals surface area contributed by atoms with Crippen molar-refractivity contribution in [1.29, 1.82) is 0 Å². The van der Waals surface area contributed by atoms with Gasteiger partial charge in [-0.1, -0.05) is 17.7 Å². The Balaban J connectivity index is 1.55. The monoisotopic (exact) mass is 337 g/mol. The van der Waals surface area contributed by atoms with Crippen LogP contribution in [0.5, 0.6) is 0 Å². The molecule has 0 amide bonds. The van der Waals surface area contributed by atoms with Gasteiger partial charge in [0.1, 0.15) is 5.82 Å². The van der Waals surface area contributed by atoms with Gasteiger partial charge in [0.05, 0.1) is 0 Å². The van der Waals surface area contributed by atoms with Crippen LogP contribution >= 0.6 is 11.6 Å². The summed E-state index contributed by atoms with van der Waals surface area (Å²) in [6, 6.07) is 5.25. The number of rotatable bonds is 6. The van der Waals surface area contributed by atoms with Crippen molar-refractivity contribution in [2.75, 3.05) is 13.1 Å². The van der Waals surface area contributed by atoms with E-state index in [1.807, 2.05) is 0 Å². The summed E-state index contributed by atoms with van der Waals surface area (Å²) in [7, 11) is 0. The standard InChI is InChI=1S/C17H21ClFN3O/c1-12-20-21-17(23-12)8-4-10-22-9-3-5-13(22)11-14-15(18)6-2-7-16(14)19/h2,6-7,13H,3-5,8-11H2,1H3/t13-/m0/s1. The summed E-state index contributed by atoms with van der Waals surface area (Å²) in [4.78, 5) is 2.42. The van der Waals surface area contributed by atoms with Crippen LogP contribution in [0.1, 0.15) is 36.6 Å². The van der Waals surface area contributed by atoms with Crippen LogP contribution in [0.15, 0.2) is 22.6 Å². The predicted octanol–water partition coefficient (Wildman–Crippen LogP) is 3.81. The third-order valence-electron chi connectivity index (χ3n) is 4.40. The molecule has 0 spiro atoms. The summed E-state index contributed by atoms with van der Waals surface area (Å²) < 4.78 is 19.4. The number of benzene rings is 1. The first-order chi connectivity index (χ1) is 11.1. The average Bonchev–Trinajstić information content (AvgIpc) is 3.13. The predicted molar refractivity (Wildman–Crippen MR) is 87.1 cm³/mol. The number of hydrogen-bond acceptors (Lipinski definition) is 4. The number of halogens is 2. The molecule has 1 aliphatic heterocycles. The molecular formula is C17H21ClFN3O. The van der Waals surface area contributed by atoms with Gasteiger partial charge < -0.3 is 9.32 Å². The van der Waals surface area contributed by atoms with Crippen molar-refractivity contribution in [1.82, 2.24) is 15.1 Å². The molecule has 2 heterocycles. The van der Waals surface area contributed by atoms with E-state index in [1.54, 1.807) is 19.1 Å². The quantitative estimate of drug-likeness (QED) is 0.803. The fraction of sp³-hybridized carbons (Fsp3) is 0.529. The summed E-state index contributed by atoms with van der Waals surface area (Å²) in [6.45, 7) is 3.81. The van der Waals surface area contributed by atoms with Gasteiger partial charge in [-0.2, -0.15) is 0 Å². The number of likely N-dealkylation sites (tertiary alicyclic amines) is 1. The topological polar surface area (TPSA) is 42.2 Å². The minimum absolute atomic E-state index is 0.203. The molecule has 6 heteroatoms. The second kappa shape index (κ2) is 7.41. The van der Waals surface area contributed by atoms with Crippen molar-refractivity contribution < 1.29 is 8.81 Å². The minimum atomic E-state index is -0.203. The Morgan fingerprint density at radius 1 is 1.39 bits per heavy atom. The highest BCUT2D eigenvalue weighted by atomic mass is 35.5. The van der Waals surface area contributed by atoms with Gasteiger partial charge >= 0.3 is 0 Å². The smallest absolute Gasteiger partial charge is 0.216 e. The van der Waals surface area contributed by atoms with Crippen molar-refractivity contribution in [2.24, 2.45) is 0 Å². The minimum Gasteiger partial charge on any atom is -0.426 e. The highest BCUT2D eigenvalue weighted by molar-refractivity contribution is 6.31. The van der Waals surface area contributed by atoms with Gasteiger partial charge in [0.25, 0.3) is 0 Å². The fourth-order valence-corrected chi connectivity index (χ4v) is 3.50. The second-order valence-corrected chi connectivity index (χ2v) is 6.46. The maximum absolute atomic E-state index is 14.0. The molecule has 23 heavy (non-hydrogen) atoms. The summed E-state index contributed by atoms with van der Waals surface area (Å²) in [5.41, 5.74) is 0.638. The van der Waals surface area contributed by atoms with Gasteiger partial charge in [-0.3, -0.25) is 0 Å². The van der Waals surface area contributed by atoms with Crippen molar-refractivity contribution in [3.05, 3.63) is 46.4 Å². The lowest BCUT2D eigenvalue weighted by Gasteiger charge is -2.24. The summed E-state index contributed by atoms with van der Waals surface area (Å²) in [5.74, 6) is 1.09. The Bertz CT molecular complexity index is 641. The van der Waals surface area contributed by atoms with Gasteiger partial charge in [-0.25, -0.2) is 4.39 Å². The lowest BCUT2D eigenvalue weighted by atomic mass is 10.0. The lowest BCUT2D eigenvalue weighted by molar-refractivity contribution is 0.245. The van der Waals surface area contributed by atoms with Gasteiger partial charge in [0.15, 0.2) is 0 Å². The number of hydrogen-bond donors (Lipinski definition) is 0. The summed E-state index contributed by atoms with van der Waals surface area (Å²) in [6.07, 6.45) is 4.65. The van der Waals surface area contributed by atoms with E-state index < -0.39 is 0 Å². The van der Waals surface area contributed by atoms with E-state index in [9.17, 15) is 4.39 Å². The first-order valence-corrected chi connectivity index (χ1v) is 8.47. The molecule has 1 aromatic carbocycles. The zero-order chi connectivity index (χ0) is 16.2. The van der Waals surface area contributed by atoms with E-state index in [2.05, 4.69) is 15.1 Å². The average molecular weight is 338 g/mol. The number of aromatic nitrogens is 2. The van der Waals surface area contributed by atoms with Gasteiger partial charge in [-0.05, 0) is 50.9 Å². The first kappa shape index (κ1) is 16.4. The molecule has 1 aromatic heterocycles. The van der Waals surface area contributed by atoms with Crippen LogP contribution < -0.4 is 0 Å². The van der Waals surface area contributed by atoms with Crippen LogP contribution in [-0.4, -0.2) is 34.2 Å². The van der Waals surface area contributed by atoms with Crippen molar-refractivity contribution in [3.63, 3.8) is 0 Å². The SMILES string of the molecule is Cc1nnc(CCCN2CCC[C@H]2Cc2c(F)cccc2Cl)o1. The Morgan fingerprint density at radius 3 is 3.00 bits per heavy atom. The van der Waals surface area contributed by atoms with E-state index in [0.29, 0.717) is 34.8 Å². The second-order valence-electron chi connectivity index (χ2n) is 6.05. The first-order valence-electron chi connectivity index (χ1n) is 8.09. The molecular weight excluding hydrogens is 317 g/mol. The lowest BCUT2D eigenvalue weighted by Crippen LogP contribution is -2.32. The number of nitrogens with zero attached hydrogens (tertiary/aromatic N) is 3. The highest BCUT2D eigenvalue weighted by Crippen LogP contribution is 2.26. The Hall–Kier alpha value is -1.46. The van der Waals surface area contributed by atoms with Crippen LogP contribution in [0.4, 0.5) is 4.39 Å². The third kappa shape index (κ3) is 4.09. The molecule has 0 saturated carbocycles. The van der Waals surface area contributed by atoms with Crippen molar-refractivity contribution in [3.8, 4) is 0 Å². The highest BCUT2D eigenvalue weighted by Gasteiger charge is 2.26. The van der Waals surface area contributed by atoms with Gasteiger partial charge in [0, 0.05) is 30.0 Å². The Kier molecular flexibility index (Phi) is 5.28. The van der Waals surface area contributed by atoms with Crippen LogP contribution in [0.25, 0.3) is 0 Å². The molecule has 0 radical (unpaired) electrons. The maximum Gasteiger partial charge on any atom is 0.216 e. The molecule has 1 atom stereocenters. The molecule has 3 rings (SSSR count). The molecule has 4 nitrogen and oxygen atoms in total. The summed E-state index contributed by atoms with van der Waals surface area (Å²) in [5, 5.41) is 8.38. The van der Waals surface area contributed by atoms with Crippen LogP contribution in [0.3, 0.4) is 0 Å². The van der Waals surface area contributed by atoms with E-state index in [-0.39, 0.29) is 5.82 Å². The molecule has 1 saturated heterocycles. The largest absolute Gasteiger partial charge is 0.426 e. The molecule has 124 valence electrons. The molecule has 0 aliphatic carbocycles. The van der Waals surface area contributed by atoms with Crippen LogP contribution in [-0.2, 0) is 12.8 Å². The van der Waals surface area contributed by atoms with Crippen molar-refractivity contribution >= 4 is 11.6 Å². The van der Waals surface area contributed by atoms with Crippen molar-refractivity contribution in [2.45, 2.75) is 45.1 Å². The van der Waals surface area contributed by atoms with Crippen LogP contribution in [0.2, 0.25) is 5.02 Å². The van der Waals surface area contributed by atoms with E-state index in [0.717, 1.165) is 38.8 Å². The van der Waals surface area contributed by atoms with Gasteiger partial charge in [0.2, 0.25) is 11.8 Å². The van der Waals surface area contributed by atoms with Gasteiger partial charge in [-0.15, -0.1) is 10.2 Å². The number of aryl methyl sites for hydroxylation is 2. The Morgan fingerprint density at radius 2 is 2.26 bits per heavy atom. The maximum atomic E-state index is 14.0. The normalized spacial score (nSPS) is 18.7. The zero-order valence-electron chi connectivity index (χ0n) is 13.3. The van der Waals surface area contributed by atoms with E-state index in [4.69, 9.17) is 16.0 Å². The molecule has 0 N–H and O–H groups in total. The molecule has 2 aromatic rings. The molecule has 0 bridgehead atoms. The molecule has 1 fully saturated rings. The molecule has 1 aliphatic rings. The Labute approximate surface area is 140 Å². The van der Waals surface area contributed by atoms with E-state index >= 15 is 0 Å². The van der Waals surface area contributed by atoms with Crippen LogP contribution in [0, 0.1) is 12.7 Å². The van der Waals surface area contributed by atoms with E-state index in [1.165, 1.54) is 6.07 Å². The summed E-state index contributed by atoms with van der Waals surface area (Å²) >= 11 is 6.16. The third-order valence-corrected chi connectivity index (χ3v) is 4.76.